The average molecular weight is 342 g/mol. The Morgan fingerprint density at radius 2 is 1.96 bits per heavy atom. The summed E-state index contributed by atoms with van der Waals surface area (Å²) < 4.78 is 15.7. The van der Waals surface area contributed by atoms with Gasteiger partial charge < -0.3 is 19.5 Å². The summed E-state index contributed by atoms with van der Waals surface area (Å²) in [6.07, 6.45) is 1.18. The van der Waals surface area contributed by atoms with E-state index in [1.54, 1.807) is 12.1 Å². The minimum Gasteiger partial charge on any atom is -0.487 e. The molecule has 1 aromatic carbocycles. The topological polar surface area (TPSA) is 73.9 Å². The van der Waals surface area contributed by atoms with Crippen LogP contribution in [0, 0.1) is 5.92 Å². The van der Waals surface area contributed by atoms with Gasteiger partial charge in [0.05, 0.1) is 5.69 Å². The summed E-state index contributed by atoms with van der Waals surface area (Å²) in [7, 11) is 3.00. The smallest absolute Gasteiger partial charge is 0.227 e. The standard InChI is InChI=1S/C16H20ClNO5/c1-9(19)11-6-7-12(23-8-13(21-2)22-3)14(17)15(11)18-16(20)10-4-5-10/h6-7,10,13H,4-5,8H2,1-3H3,(H,18,20). The summed E-state index contributed by atoms with van der Waals surface area (Å²) in [5.74, 6) is 0.0399. The highest BCUT2D eigenvalue weighted by Crippen LogP contribution is 2.38. The monoisotopic (exact) mass is 341 g/mol. The highest BCUT2D eigenvalue weighted by Gasteiger charge is 2.31. The van der Waals surface area contributed by atoms with Crippen molar-refractivity contribution < 1.29 is 23.8 Å². The van der Waals surface area contributed by atoms with E-state index in [0.29, 0.717) is 17.0 Å². The SMILES string of the molecule is COC(COc1ccc(C(C)=O)c(NC(=O)C2CC2)c1Cl)OC. The van der Waals surface area contributed by atoms with Gasteiger partial charge in [0.25, 0.3) is 0 Å². The Labute approximate surface area is 140 Å². The molecule has 0 saturated heterocycles. The first-order chi connectivity index (χ1) is 11.0. The second kappa shape index (κ2) is 7.77. The largest absolute Gasteiger partial charge is 0.487 e. The normalized spacial score (nSPS) is 14.0. The molecule has 0 atom stereocenters. The summed E-state index contributed by atoms with van der Waals surface area (Å²) in [5, 5.41) is 2.94. The number of Topliss-reactive ketones (excluding diaryl/α,β-unsaturated/α-hetero) is 1. The maximum absolute atomic E-state index is 12.0. The number of halogens is 1. The predicted octanol–water partition coefficient (Wildman–Crippen LogP) is 2.89. The first-order valence-corrected chi connectivity index (χ1v) is 7.68. The second-order valence-corrected chi connectivity index (χ2v) is 5.71. The van der Waals surface area contributed by atoms with Crippen molar-refractivity contribution in [1.29, 1.82) is 0 Å². The van der Waals surface area contributed by atoms with Crippen LogP contribution in [0.15, 0.2) is 12.1 Å². The number of carbonyl (C=O) groups excluding carboxylic acids is 2. The molecule has 2 rings (SSSR count). The Hall–Kier alpha value is -1.63. The van der Waals surface area contributed by atoms with Crippen LogP contribution in [0.2, 0.25) is 5.02 Å². The van der Waals surface area contributed by atoms with Crippen molar-refractivity contribution in [3.63, 3.8) is 0 Å². The lowest BCUT2D eigenvalue weighted by Gasteiger charge is -2.18. The molecule has 1 amide bonds. The molecular weight excluding hydrogens is 322 g/mol. The maximum Gasteiger partial charge on any atom is 0.227 e. The minimum absolute atomic E-state index is 0.00168. The molecule has 0 bridgehead atoms. The Morgan fingerprint density at radius 3 is 2.48 bits per heavy atom. The van der Waals surface area contributed by atoms with Crippen LogP contribution in [-0.4, -0.2) is 38.8 Å². The van der Waals surface area contributed by atoms with Gasteiger partial charge in [-0.1, -0.05) is 11.6 Å². The number of amides is 1. The van der Waals surface area contributed by atoms with E-state index < -0.39 is 6.29 Å². The zero-order valence-corrected chi connectivity index (χ0v) is 14.1. The molecule has 1 saturated carbocycles. The lowest BCUT2D eigenvalue weighted by molar-refractivity contribution is -0.122. The van der Waals surface area contributed by atoms with E-state index in [1.165, 1.54) is 21.1 Å². The van der Waals surface area contributed by atoms with Gasteiger partial charge in [-0.05, 0) is 31.9 Å². The third-order valence-electron chi connectivity index (χ3n) is 3.58. The van der Waals surface area contributed by atoms with Gasteiger partial charge in [-0.3, -0.25) is 9.59 Å². The first-order valence-electron chi connectivity index (χ1n) is 7.30. The molecule has 1 aliphatic carbocycles. The van der Waals surface area contributed by atoms with Crippen molar-refractivity contribution in [1.82, 2.24) is 0 Å². The molecule has 0 heterocycles. The third-order valence-corrected chi connectivity index (χ3v) is 3.96. The van der Waals surface area contributed by atoms with Crippen molar-refractivity contribution in [3.05, 3.63) is 22.7 Å². The number of carbonyl (C=O) groups is 2. The predicted molar refractivity (Wildman–Crippen MR) is 86.1 cm³/mol. The zero-order valence-electron chi connectivity index (χ0n) is 13.3. The molecule has 1 aromatic rings. The summed E-state index contributed by atoms with van der Waals surface area (Å²) >= 11 is 6.32. The van der Waals surface area contributed by atoms with Crippen LogP contribution in [0.1, 0.15) is 30.1 Å². The average Bonchev–Trinajstić information content (AvgIpc) is 3.36. The van der Waals surface area contributed by atoms with E-state index in [2.05, 4.69) is 5.32 Å². The van der Waals surface area contributed by atoms with Gasteiger partial charge >= 0.3 is 0 Å². The number of ether oxygens (including phenoxy) is 3. The summed E-state index contributed by atoms with van der Waals surface area (Å²) in [4.78, 5) is 23.8. The van der Waals surface area contributed by atoms with Gasteiger partial charge in [0, 0.05) is 25.7 Å². The highest BCUT2D eigenvalue weighted by atomic mass is 35.5. The van der Waals surface area contributed by atoms with Crippen LogP contribution in [0.4, 0.5) is 5.69 Å². The molecule has 0 aromatic heterocycles. The fourth-order valence-corrected chi connectivity index (χ4v) is 2.31. The van der Waals surface area contributed by atoms with E-state index in [-0.39, 0.29) is 29.2 Å². The third kappa shape index (κ3) is 4.43. The molecule has 0 radical (unpaired) electrons. The Bertz CT molecular complexity index is 596. The summed E-state index contributed by atoms with van der Waals surface area (Å²) in [6.45, 7) is 1.55. The molecule has 0 spiro atoms. The highest BCUT2D eigenvalue weighted by molar-refractivity contribution is 6.36. The van der Waals surface area contributed by atoms with E-state index in [4.69, 9.17) is 25.8 Å². The number of hydrogen-bond acceptors (Lipinski definition) is 5. The Balaban J connectivity index is 2.23. The molecule has 1 fully saturated rings. The Morgan fingerprint density at radius 1 is 1.30 bits per heavy atom. The number of anilines is 1. The van der Waals surface area contributed by atoms with E-state index >= 15 is 0 Å². The van der Waals surface area contributed by atoms with E-state index in [0.717, 1.165) is 12.8 Å². The quantitative estimate of drug-likeness (QED) is 0.581. The van der Waals surface area contributed by atoms with Crippen LogP contribution in [0.25, 0.3) is 0 Å². The van der Waals surface area contributed by atoms with Gasteiger partial charge in [0.1, 0.15) is 17.4 Å². The van der Waals surface area contributed by atoms with Crippen molar-refractivity contribution >= 4 is 29.0 Å². The molecule has 7 heteroatoms. The molecule has 1 N–H and O–H groups in total. The van der Waals surface area contributed by atoms with Gasteiger partial charge in [-0.15, -0.1) is 0 Å². The molecule has 126 valence electrons. The summed E-state index contributed by atoms with van der Waals surface area (Å²) in [6, 6.07) is 3.18. The molecule has 1 aliphatic rings. The fraction of sp³-hybridized carbons (Fsp3) is 0.500. The van der Waals surface area contributed by atoms with Gasteiger partial charge in [-0.2, -0.15) is 0 Å². The van der Waals surface area contributed by atoms with Gasteiger partial charge in [0.15, 0.2) is 12.1 Å². The molecule has 6 nitrogen and oxygen atoms in total. The maximum atomic E-state index is 12.0. The number of nitrogens with one attached hydrogen (secondary N) is 1. The molecular formula is C16H20ClNO5. The lowest BCUT2D eigenvalue weighted by atomic mass is 10.1. The number of methoxy groups -OCH3 is 2. The number of ketones is 1. The van der Waals surface area contributed by atoms with Crippen LogP contribution in [0.5, 0.6) is 5.75 Å². The first kappa shape index (κ1) is 17.7. The second-order valence-electron chi connectivity index (χ2n) is 5.33. The fourth-order valence-electron chi connectivity index (χ4n) is 2.04. The molecule has 0 aliphatic heterocycles. The van der Waals surface area contributed by atoms with Crippen molar-refractivity contribution in [2.45, 2.75) is 26.1 Å². The molecule has 23 heavy (non-hydrogen) atoms. The van der Waals surface area contributed by atoms with Crippen LogP contribution in [-0.2, 0) is 14.3 Å². The number of hydrogen-bond donors (Lipinski definition) is 1. The number of benzene rings is 1. The van der Waals surface area contributed by atoms with Crippen molar-refractivity contribution in [2.75, 3.05) is 26.1 Å². The summed E-state index contributed by atoms with van der Waals surface area (Å²) in [5.41, 5.74) is 0.645. The van der Waals surface area contributed by atoms with Crippen molar-refractivity contribution in [2.24, 2.45) is 5.92 Å². The van der Waals surface area contributed by atoms with Crippen LogP contribution in [0.3, 0.4) is 0 Å². The number of rotatable bonds is 8. The van der Waals surface area contributed by atoms with Gasteiger partial charge in [0.2, 0.25) is 5.91 Å². The lowest BCUT2D eigenvalue weighted by Crippen LogP contribution is -2.22. The minimum atomic E-state index is -0.539. The van der Waals surface area contributed by atoms with Crippen molar-refractivity contribution in [3.8, 4) is 5.75 Å². The molecule has 0 unspecified atom stereocenters. The van der Waals surface area contributed by atoms with E-state index in [1.807, 2.05) is 0 Å². The zero-order chi connectivity index (χ0) is 17.0. The Kier molecular flexibility index (Phi) is 5.98. The van der Waals surface area contributed by atoms with Gasteiger partial charge in [-0.25, -0.2) is 0 Å². The van der Waals surface area contributed by atoms with Crippen LogP contribution >= 0.6 is 11.6 Å². The van der Waals surface area contributed by atoms with E-state index in [9.17, 15) is 9.59 Å². The van der Waals surface area contributed by atoms with Crippen LogP contribution < -0.4 is 10.1 Å².